The van der Waals surface area contributed by atoms with E-state index in [1.54, 1.807) is 7.05 Å². The van der Waals surface area contributed by atoms with Crippen LogP contribution in [0.1, 0.15) is 93.9 Å². The fourth-order valence-corrected chi connectivity index (χ4v) is 11.7. The van der Waals surface area contributed by atoms with E-state index in [1.807, 2.05) is 0 Å². The minimum Gasteiger partial charge on any atom is -0.481 e. The number of hydrogen-bond donors (Lipinski definition) is 3. The van der Waals surface area contributed by atoms with Gasteiger partial charge in [-0.3, -0.25) is 4.79 Å². The van der Waals surface area contributed by atoms with Crippen molar-refractivity contribution in [2.45, 2.75) is 112 Å². The second-order valence-electron chi connectivity index (χ2n) is 16.2. The predicted octanol–water partition coefficient (Wildman–Crippen LogP) is 6.03. The Morgan fingerprint density at radius 3 is 2.44 bits per heavy atom. The fraction of sp³-hybridized carbons (Fsp3) is 0.886. The van der Waals surface area contributed by atoms with Gasteiger partial charge in [-0.05, 0) is 85.4 Å². The van der Waals surface area contributed by atoms with Crippen molar-refractivity contribution in [2.24, 2.45) is 62.4 Å². The molecule has 1 heterocycles. The summed E-state index contributed by atoms with van der Waals surface area (Å²) in [4.78, 5) is 26.0. The minimum absolute atomic E-state index is 0.0519. The zero-order chi connectivity index (χ0) is 31.8. The lowest BCUT2D eigenvalue weighted by Crippen LogP contribution is -2.72. The third-order valence-electron chi connectivity index (χ3n) is 14.4. The number of fused-ring (bicyclic) bond motifs is 3. The molecule has 12 atom stereocenters. The molecule has 1 amide bonds. The van der Waals surface area contributed by atoms with Crippen LogP contribution in [0.25, 0.3) is 0 Å². The second kappa shape index (κ2) is 11.0. The topological polar surface area (TPSA) is 120 Å². The smallest absolute Gasteiger partial charge is 0.407 e. The first-order valence-corrected chi connectivity index (χ1v) is 16.8. The molecule has 3 saturated carbocycles. The van der Waals surface area contributed by atoms with Crippen molar-refractivity contribution in [1.29, 1.82) is 0 Å². The Labute approximate surface area is 259 Å². The number of alkyl carbamates (subject to hydrolysis) is 1. The highest BCUT2D eigenvalue weighted by molar-refractivity contribution is 5.73. The molecular formula is C35H58N2O6. The SMILES string of the molecule is CNC(=O)O[C@H]1C[C@]23C4=CC[C@]5(C)[C@@H](C(=O)O)[C@](C)([C@@H](C)C(C)C)CC[C@]5(C)[C@@H]4CC[C@@H]2[C@@](C)(CO[C@H]3C)[C@H]1OCCN. The Hall–Kier alpha value is -1.64. The van der Waals surface area contributed by atoms with Crippen molar-refractivity contribution >= 4 is 12.1 Å². The van der Waals surface area contributed by atoms with E-state index in [4.69, 9.17) is 19.9 Å². The molecule has 0 unspecified atom stereocenters. The van der Waals surface area contributed by atoms with Gasteiger partial charge < -0.3 is 30.4 Å². The Kier molecular flexibility index (Phi) is 8.38. The molecule has 0 radical (unpaired) electrons. The maximum Gasteiger partial charge on any atom is 0.407 e. The maximum atomic E-state index is 13.3. The average molecular weight is 603 g/mol. The van der Waals surface area contributed by atoms with Crippen molar-refractivity contribution in [1.82, 2.24) is 5.32 Å². The molecule has 2 bridgehead atoms. The number of rotatable bonds is 7. The molecule has 43 heavy (non-hydrogen) atoms. The Balaban J connectivity index is 1.63. The number of allylic oxidation sites excluding steroid dienone is 1. The van der Waals surface area contributed by atoms with Gasteiger partial charge in [0.05, 0.1) is 25.2 Å². The van der Waals surface area contributed by atoms with Gasteiger partial charge in [0.15, 0.2) is 0 Å². The lowest BCUT2D eigenvalue weighted by atomic mass is 9.34. The summed E-state index contributed by atoms with van der Waals surface area (Å²) in [6.45, 7) is 19.5. The van der Waals surface area contributed by atoms with Gasteiger partial charge in [0, 0.05) is 24.4 Å². The van der Waals surface area contributed by atoms with E-state index in [9.17, 15) is 14.7 Å². The largest absolute Gasteiger partial charge is 0.481 e. The molecule has 4 fully saturated rings. The van der Waals surface area contributed by atoms with Crippen LogP contribution in [0.5, 0.6) is 0 Å². The van der Waals surface area contributed by atoms with Crippen LogP contribution in [-0.2, 0) is 19.0 Å². The van der Waals surface area contributed by atoms with Gasteiger partial charge >= 0.3 is 12.1 Å². The summed E-state index contributed by atoms with van der Waals surface area (Å²) < 4.78 is 19.2. The summed E-state index contributed by atoms with van der Waals surface area (Å²) in [5.41, 5.74) is 5.81. The summed E-state index contributed by atoms with van der Waals surface area (Å²) >= 11 is 0. The standard InChI is InChI=1S/C35H58N2O6/c1-20(2)21(3)31(5)14-15-33(7)23-10-11-26-32(6)19-42-22(4)35(26,24(23)12-13-34(33,8)27(31)29(38)39)18-25(43-30(40)37-9)28(32)41-17-16-36/h12,20-23,25-28H,10-11,13-19,36H2,1-9H3,(H,37,40)(H,38,39)/t21-,22-,23+,25-,26+,27-,28-,31-,32+,33+,34+,35-/m0/s1. The number of carboxylic acids is 1. The quantitative estimate of drug-likeness (QED) is 0.304. The van der Waals surface area contributed by atoms with E-state index in [1.165, 1.54) is 5.57 Å². The third kappa shape index (κ3) is 4.39. The van der Waals surface area contributed by atoms with Crippen LogP contribution < -0.4 is 11.1 Å². The number of nitrogens with two attached hydrogens (primary N) is 1. The van der Waals surface area contributed by atoms with Crippen molar-refractivity contribution < 1.29 is 28.9 Å². The normalized spacial score (nSPS) is 47.8. The van der Waals surface area contributed by atoms with Crippen molar-refractivity contribution in [2.75, 3.05) is 26.8 Å². The number of carboxylic acid groups (broad SMARTS) is 1. The van der Waals surface area contributed by atoms with Crippen LogP contribution in [0.3, 0.4) is 0 Å². The van der Waals surface area contributed by atoms with Gasteiger partial charge in [0.25, 0.3) is 0 Å². The van der Waals surface area contributed by atoms with Gasteiger partial charge in [-0.1, -0.05) is 60.1 Å². The summed E-state index contributed by atoms with van der Waals surface area (Å²) in [6, 6.07) is 0. The van der Waals surface area contributed by atoms with Gasteiger partial charge in [-0.15, -0.1) is 0 Å². The monoisotopic (exact) mass is 602 g/mol. The zero-order valence-electron chi connectivity index (χ0n) is 28.1. The molecule has 0 aromatic carbocycles. The first-order chi connectivity index (χ1) is 20.1. The number of ether oxygens (including phenoxy) is 3. The molecular weight excluding hydrogens is 544 g/mol. The van der Waals surface area contributed by atoms with Crippen LogP contribution in [0.15, 0.2) is 11.6 Å². The molecule has 8 heteroatoms. The molecule has 4 N–H and O–H groups in total. The van der Waals surface area contributed by atoms with E-state index in [0.29, 0.717) is 43.9 Å². The third-order valence-corrected chi connectivity index (χ3v) is 14.4. The molecule has 0 aromatic rings. The maximum absolute atomic E-state index is 13.3. The fourth-order valence-electron chi connectivity index (χ4n) is 11.7. The van der Waals surface area contributed by atoms with Crippen molar-refractivity contribution in [3.63, 3.8) is 0 Å². The van der Waals surface area contributed by atoms with Gasteiger partial charge in [0.2, 0.25) is 0 Å². The van der Waals surface area contributed by atoms with Crippen LogP contribution in [0, 0.1) is 56.7 Å². The molecule has 1 aliphatic heterocycles. The van der Waals surface area contributed by atoms with Crippen LogP contribution in [-0.4, -0.2) is 62.3 Å². The van der Waals surface area contributed by atoms with Crippen molar-refractivity contribution in [3.8, 4) is 0 Å². The number of carbonyl (C=O) groups is 2. The van der Waals surface area contributed by atoms with Crippen LogP contribution in [0.2, 0.25) is 0 Å². The second-order valence-corrected chi connectivity index (χ2v) is 16.2. The number of nitrogens with one attached hydrogen (secondary N) is 1. The van der Waals surface area contributed by atoms with Crippen LogP contribution >= 0.6 is 0 Å². The van der Waals surface area contributed by atoms with E-state index in [0.717, 1.165) is 32.1 Å². The lowest BCUT2D eigenvalue weighted by molar-refractivity contribution is -0.282. The van der Waals surface area contributed by atoms with Crippen LogP contribution in [0.4, 0.5) is 4.79 Å². The summed E-state index contributed by atoms with van der Waals surface area (Å²) in [5, 5.41) is 13.6. The van der Waals surface area contributed by atoms with E-state index in [-0.39, 0.29) is 45.2 Å². The minimum atomic E-state index is -0.648. The first kappa shape index (κ1) is 32.7. The highest BCUT2D eigenvalue weighted by atomic mass is 16.6. The highest BCUT2D eigenvalue weighted by Crippen LogP contribution is 2.75. The van der Waals surface area contributed by atoms with Gasteiger partial charge in [-0.25, -0.2) is 4.79 Å². The number of amides is 1. The van der Waals surface area contributed by atoms with Crippen molar-refractivity contribution in [3.05, 3.63) is 11.6 Å². The van der Waals surface area contributed by atoms with E-state index < -0.39 is 24.1 Å². The summed E-state index contributed by atoms with van der Waals surface area (Å²) in [7, 11) is 1.59. The molecule has 8 nitrogen and oxygen atoms in total. The summed E-state index contributed by atoms with van der Waals surface area (Å²) in [6.07, 6.45) is 6.52. The van der Waals surface area contributed by atoms with Gasteiger partial charge in [0.1, 0.15) is 12.2 Å². The zero-order valence-corrected chi connectivity index (χ0v) is 28.1. The molecule has 1 saturated heterocycles. The number of carbonyl (C=O) groups excluding carboxylic acids is 1. The lowest BCUT2D eigenvalue weighted by Gasteiger charge is -2.72. The molecule has 5 aliphatic rings. The molecule has 0 spiro atoms. The van der Waals surface area contributed by atoms with E-state index >= 15 is 0 Å². The Morgan fingerprint density at radius 2 is 1.84 bits per heavy atom. The number of aliphatic carboxylic acids is 1. The average Bonchev–Trinajstić information content (AvgIpc) is 2.94. The summed E-state index contributed by atoms with van der Waals surface area (Å²) in [5.74, 6) is 0.185. The Bertz CT molecular complexity index is 1140. The molecule has 4 aliphatic carbocycles. The molecule has 5 rings (SSSR count). The predicted molar refractivity (Wildman–Crippen MR) is 166 cm³/mol. The highest BCUT2D eigenvalue weighted by Gasteiger charge is 2.73. The number of hydrogen-bond acceptors (Lipinski definition) is 6. The van der Waals surface area contributed by atoms with E-state index in [2.05, 4.69) is 66.8 Å². The molecule has 244 valence electrons. The van der Waals surface area contributed by atoms with Gasteiger partial charge in [-0.2, -0.15) is 0 Å². The molecule has 0 aromatic heterocycles. The Morgan fingerprint density at radius 1 is 1.14 bits per heavy atom. The first-order valence-electron chi connectivity index (χ1n) is 16.8.